The van der Waals surface area contributed by atoms with E-state index in [0.717, 1.165) is 0 Å². The Kier molecular flexibility index (Phi) is 41.4. The van der Waals surface area contributed by atoms with Gasteiger partial charge in [0, 0.05) is 36.4 Å². The lowest BCUT2D eigenvalue weighted by Crippen LogP contribution is -2.62. The predicted molar refractivity (Wildman–Crippen MR) is 435 cm³/mol. The first-order valence-electron chi connectivity index (χ1n) is 38.6. The van der Waals surface area contributed by atoms with Gasteiger partial charge in [0.2, 0.25) is 100 Å². The normalized spacial score (nSPS) is 14.7. The van der Waals surface area contributed by atoms with Gasteiger partial charge in [-0.05, 0) is 98.1 Å². The molecule has 0 fully saturated rings. The van der Waals surface area contributed by atoms with Gasteiger partial charge in [-0.3, -0.25) is 86.3 Å². The zero-order chi connectivity index (χ0) is 88.0. The first-order valence-corrected chi connectivity index (χ1v) is 40.0. The van der Waals surface area contributed by atoms with Gasteiger partial charge in [0.1, 0.15) is 72.5 Å². The second-order valence-corrected chi connectivity index (χ2v) is 30.4. The Hall–Kier alpha value is -12.1. The van der Waals surface area contributed by atoms with E-state index >= 15 is 14.4 Å². The first-order chi connectivity index (χ1) is 55.7. The molecular formula is C78H114N20O19S. The monoisotopic (exact) mass is 1670 g/mol. The Morgan fingerprint density at radius 3 is 1.29 bits per heavy atom. The van der Waals surface area contributed by atoms with Crippen LogP contribution in [-0.4, -0.2) is 220 Å². The first kappa shape index (κ1) is 98.3. The van der Waals surface area contributed by atoms with Gasteiger partial charge in [0.05, 0.1) is 38.3 Å². The minimum absolute atomic E-state index is 0.0293. The van der Waals surface area contributed by atoms with Gasteiger partial charge in [-0.2, -0.15) is 11.8 Å². The topological polar surface area (TPSA) is 656 Å². The molecular weight excluding hydrogens is 1550 g/mol. The minimum Gasteiger partial charge on any atom is -0.481 e. The van der Waals surface area contributed by atoms with Gasteiger partial charge in [0.15, 0.2) is 0 Å². The number of carboxylic acid groups (broad SMARTS) is 1. The van der Waals surface area contributed by atoms with Crippen molar-refractivity contribution in [2.45, 2.75) is 210 Å². The van der Waals surface area contributed by atoms with Crippen LogP contribution in [0.1, 0.15) is 129 Å². The summed E-state index contributed by atoms with van der Waals surface area (Å²) in [5, 5.41) is 43.0. The van der Waals surface area contributed by atoms with E-state index in [-0.39, 0.29) is 69.6 Å². The van der Waals surface area contributed by atoms with E-state index < -0.39 is 229 Å². The minimum atomic E-state index is -2.04. The van der Waals surface area contributed by atoms with Crippen LogP contribution < -0.4 is 104 Å². The summed E-state index contributed by atoms with van der Waals surface area (Å²) in [5.74, 6) is -20.0. The molecule has 0 saturated carbocycles. The fourth-order valence-corrected chi connectivity index (χ4v) is 12.6. The van der Waals surface area contributed by atoms with E-state index in [0.29, 0.717) is 34.0 Å². The van der Waals surface area contributed by atoms with Crippen molar-refractivity contribution in [1.29, 1.82) is 0 Å². The molecule has 4 rings (SSSR count). The molecule has 1 aromatic heterocycles. The van der Waals surface area contributed by atoms with Crippen LogP contribution in [0, 0.1) is 17.8 Å². The van der Waals surface area contributed by atoms with Crippen molar-refractivity contribution in [3.05, 3.63) is 108 Å². The number of fused-ring (bicyclic) bond motifs is 1. The van der Waals surface area contributed by atoms with E-state index in [2.05, 4.69) is 74.1 Å². The molecule has 1 heterocycles. The van der Waals surface area contributed by atoms with E-state index in [1.807, 2.05) is 0 Å². The number of thioether (sulfide) groups is 1. The quantitative estimate of drug-likeness (QED) is 0.0186. The van der Waals surface area contributed by atoms with Crippen LogP contribution in [0.2, 0.25) is 0 Å². The maximum absolute atomic E-state index is 15.2. The molecule has 40 heteroatoms. The summed E-state index contributed by atoms with van der Waals surface area (Å²) < 4.78 is 0. The molecule has 118 heavy (non-hydrogen) atoms. The van der Waals surface area contributed by atoms with Gasteiger partial charge >= 0.3 is 5.97 Å². The summed E-state index contributed by atoms with van der Waals surface area (Å²) in [6.07, 6.45) is -0.151. The fraction of sp³-hybridized carbons (Fsp3) is 0.513. The third-order valence-corrected chi connectivity index (χ3v) is 19.5. The number of H-pyrrole nitrogens is 1. The maximum atomic E-state index is 15.2. The van der Waals surface area contributed by atoms with Gasteiger partial charge < -0.3 is 114 Å². The smallest absolute Gasteiger partial charge is 0.305 e. The number of nitrogens with one attached hydrogen (secondary N) is 14. The summed E-state index contributed by atoms with van der Waals surface area (Å²) >= 11 is 1.33. The summed E-state index contributed by atoms with van der Waals surface area (Å²) in [6.45, 7) is 10.7. The second-order valence-electron chi connectivity index (χ2n) is 29.4. The highest BCUT2D eigenvalue weighted by Crippen LogP contribution is 2.21. The third-order valence-electron chi connectivity index (χ3n) is 18.9. The Labute approximate surface area is 687 Å². The van der Waals surface area contributed by atoms with Gasteiger partial charge in [0.25, 0.3) is 0 Å². The van der Waals surface area contributed by atoms with Crippen molar-refractivity contribution in [2.24, 2.45) is 52.2 Å². The highest BCUT2D eigenvalue weighted by atomic mass is 32.2. The number of aromatic nitrogens is 1. The van der Waals surface area contributed by atoms with Crippen molar-refractivity contribution in [1.82, 2.24) is 74.1 Å². The van der Waals surface area contributed by atoms with Crippen LogP contribution in [0.3, 0.4) is 0 Å². The number of benzene rings is 3. The summed E-state index contributed by atoms with van der Waals surface area (Å²) in [7, 11) is 0. The van der Waals surface area contributed by atoms with Crippen LogP contribution in [0.5, 0.6) is 0 Å². The molecule has 17 amide bonds. The Morgan fingerprint density at radius 2 is 0.822 bits per heavy atom. The molecule has 39 nitrogen and oxygen atoms in total. The number of para-hydroxylation sites is 1. The van der Waals surface area contributed by atoms with E-state index in [9.17, 15) is 77.0 Å². The molecule has 3 aromatic carbocycles. The van der Waals surface area contributed by atoms with Crippen LogP contribution in [-0.2, 0) is 106 Å². The van der Waals surface area contributed by atoms with Crippen LogP contribution in [0.25, 0.3) is 10.9 Å². The summed E-state index contributed by atoms with van der Waals surface area (Å²) in [6, 6.07) is 3.55. The molecule has 0 saturated heterocycles. The number of carboxylic acids is 1. The molecule has 0 aliphatic heterocycles. The summed E-state index contributed by atoms with van der Waals surface area (Å²) in [4.78, 5) is 249. The number of unbranched alkanes of at least 4 members (excludes halogenated alkanes) is 1. The molecule has 646 valence electrons. The highest BCUT2D eigenvalue weighted by molar-refractivity contribution is 7.98. The molecule has 0 aliphatic carbocycles. The average Bonchev–Trinajstić information content (AvgIpc) is 1.68. The lowest BCUT2D eigenvalue weighted by Gasteiger charge is -2.30. The Balaban J connectivity index is 1.67. The molecule has 0 aliphatic rings. The fourth-order valence-electron chi connectivity index (χ4n) is 12.1. The molecule has 4 aromatic rings. The molecule has 0 unspecified atom stereocenters. The van der Waals surface area contributed by atoms with Gasteiger partial charge in [-0.1, -0.05) is 127 Å². The lowest BCUT2D eigenvalue weighted by atomic mass is 9.96. The highest BCUT2D eigenvalue weighted by Gasteiger charge is 2.40. The SMILES string of the molecule is CC[C@H](C)[C@H](NC(=O)[C@H](CCSC)NC(=O)[C@H](Cc1c[nH]c2ccccc12)NC(=O)[C@H](CCCCN)NC(=O)[C@H](Cc1ccccc1)NC(=O)[C@H](CC(C)C)NC(=O)[C@H](C)NC(=O)[C@H](CC(N)=O)NC(=O)[C@H](CC(=O)O)NC(=O)[C@H](CC(N)=O)NC(=O)[C@@H](N)C(C)C)C(=O)N[C@@H](Cc1ccccc1)C(=O)N[C@@H](CC(N)=O)C(=O)NCC(N)=O. The van der Waals surface area contributed by atoms with Gasteiger partial charge in [-0.25, -0.2) is 0 Å². The van der Waals surface area contributed by atoms with Crippen LogP contribution in [0.15, 0.2) is 91.1 Å². The predicted octanol–water partition coefficient (Wildman–Crippen LogP) is -4.31. The van der Waals surface area contributed by atoms with Crippen molar-refractivity contribution >= 4 is 129 Å². The third kappa shape index (κ3) is 34.0. The molecule has 0 spiro atoms. The van der Waals surface area contributed by atoms with Crippen molar-refractivity contribution in [3.63, 3.8) is 0 Å². The Morgan fingerprint density at radius 1 is 0.424 bits per heavy atom. The number of hydrogen-bond acceptors (Lipinski definition) is 21. The number of rotatable bonds is 53. The standard InChI is InChI=1S/C78H114N20O19S/c1-9-42(6)65(78(117)97-53(32-45-22-14-11-15-23-45)73(112)93-55(34-59(80)99)67(106)86-39-62(83)102)98-69(108)50(27-29-118-8)89-74(113)54(33-46-38-85-48-25-17-16-24-47(46)48)92-68(107)49(26-18-19-28-79)88-72(111)52(31-44-20-12-10-13-21-44)91-71(110)51(30-40(2)3)90-66(105)43(7)87-70(109)56(35-60(81)100)94-76(115)58(37-63(103)104)95-75(114)57(36-61(82)101)96-77(116)64(84)41(4)5/h10-17,20-25,38,40-43,49-58,64-65,85H,9,18-19,26-37,39,79,84H2,1-8H3,(H2,80,99)(H2,81,100)(H2,82,101)(H2,83,102)(H,86,106)(H,87,109)(H,88,111)(H,89,113)(H,90,105)(H,91,110)(H,92,107)(H,93,112)(H,94,115)(H,95,114)(H,96,116)(H,97,117)(H,98,108)(H,103,104)/t42-,43-,49-,50-,51-,52-,53-,54-,55-,56-,57-,58-,64-,65-/m0/s1. The molecule has 0 bridgehead atoms. The van der Waals surface area contributed by atoms with Crippen LogP contribution in [0.4, 0.5) is 0 Å². The van der Waals surface area contributed by atoms with Crippen molar-refractivity contribution in [2.75, 3.05) is 25.1 Å². The number of primary amides is 4. The number of carbonyl (C=O) groups is 18. The maximum Gasteiger partial charge on any atom is 0.305 e. The van der Waals surface area contributed by atoms with Gasteiger partial charge in [-0.15, -0.1) is 0 Å². The molecule has 0 radical (unpaired) electrons. The van der Waals surface area contributed by atoms with E-state index in [4.69, 9.17) is 34.4 Å². The van der Waals surface area contributed by atoms with E-state index in [1.165, 1.54) is 18.7 Å². The number of aromatic amines is 1. The second kappa shape index (κ2) is 49.8. The molecule has 27 N–H and O–H groups in total. The Bertz CT molecular complexity index is 4150. The summed E-state index contributed by atoms with van der Waals surface area (Å²) in [5.41, 5.74) is 35.5. The largest absolute Gasteiger partial charge is 0.481 e. The van der Waals surface area contributed by atoms with Crippen molar-refractivity contribution < 1.29 is 91.4 Å². The molecule has 14 atom stereocenters. The zero-order valence-electron chi connectivity index (χ0n) is 67.4. The lowest BCUT2D eigenvalue weighted by molar-refractivity contribution is -0.142. The number of carbonyl (C=O) groups excluding carboxylic acids is 17. The zero-order valence-corrected chi connectivity index (χ0v) is 68.2. The number of hydrogen-bond donors (Lipinski definition) is 21. The number of nitrogens with two attached hydrogens (primary N) is 6. The van der Waals surface area contributed by atoms with Crippen molar-refractivity contribution in [3.8, 4) is 0 Å². The van der Waals surface area contributed by atoms with Crippen LogP contribution >= 0.6 is 11.8 Å². The average molecular weight is 1670 g/mol. The number of aliphatic carboxylic acids is 1. The number of amides is 17. The van der Waals surface area contributed by atoms with E-state index in [1.54, 1.807) is 139 Å².